The fourth-order valence-electron chi connectivity index (χ4n) is 2.51. The standard InChI is InChI=1S/C15H23N3O4S/c1-15(2,3)22-14(19)18-10-5-4-7-12(18)11-23(20,21)13-16-8-6-9-17-13/h6,8-9,12H,4-5,7,10-11H2,1-3H3/t12-/m0/s1. The van der Waals surface area contributed by atoms with Crippen LogP contribution >= 0.6 is 0 Å². The topological polar surface area (TPSA) is 89.5 Å². The van der Waals surface area contributed by atoms with Gasteiger partial charge in [0.25, 0.3) is 0 Å². The molecule has 7 nitrogen and oxygen atoms in total. The average Bonchev–Trinajstić information content (AvgIpc) is 2.46. The van der Waals surface area contributed by atoms with Crippen molar-refractivity contribution in [1.82, 2.24) is 14.9 Å². The number of likely N-dealkylation sites (tertiary alicyclic amines) is 1. The van der Waals surface area contributed by atoms with Crippen LogP contribution in [0.2, 0.25) is 0 Å². The Kier molecular flexibility index (Phi) is 5.23. The third kappa shape index (κ3) is 4.89. The van der Waals surface area contributed by atoms with E-state index in [1.165, 1.54) is 17.3 Å². The van der Waals surface area contributed by atoms with Gasteiger partial charge in [0.1, 0.15) is 5.60 Å². The van der Waals surface area contributed by atoms with E-state index in [0.29, 0.717) is 13.0 Å². The molecule has 0 spiro atoms. The third-order valence-corrected chi connectivity index (χ3v) is 5.08. The van der Waals surface area contributed by atoms with Crippen LogP contribution in [-0.2, 0) is 14.6 Å². The molecule has 1 fully saturated rings. The van der Waals surface area contributed by atoms with Gasteiger partial charge in [-0.3, -0.25) is 0 Å². The fraction of sp³-hybridized carbons (Fsp3) is 0.667. The van der Waals surface area contributed by atoms with E-state index < -0.39 is 27.6 Å². The van der Waals surface area contributed by atoms with E-state index in [1.807, 2.05) is 0 Å². The van der Waals surface area contributed by atoms with Crippen LogP contribution in [0.5, 0.6) is 0 Å². The van der Waals surface area contributed by atoms with E-state index in [-0.39, 0.29) is 10.9 Å². The van der Waals surface area contributed by atoms with Gasteiger partial charge in [-0.1, -0.05) is 0 Å². The number of amides is 1. The molecule has 2 rings (SSSR count). The first-order valence-corrected chi connectivity index (χ1v) is 9.34. The average molecular weight is 341 g/mol. The molecule has 1 aromatic rings. The summed E-state index contributed by atoms with van der Waals surface area (Å²) in [6.07, 6.45) is 4.68. The Balaban J connectivity index is 2.14. The second-order valence-electron chi connectivity index (χ2n) is 6.64. The molecule has 0 unspecified atom stereocenters. The van der Waals surface area contributed by atoms with Crippen molar-refractivity contribution in [3.63, 3.8) is 0 Å². The molecular formula is C15H23N3O4S. The molecule has 0 saturated carbocycles. The molecule has 1 saturated heterocycles. The van der Waals surface area contributed by atoms with Crippen LogP contribution in [-0.4, -0.2) is 53.3 Å². The van der Waals surface area contributed by atoms with Crippen LogP contribution < -0.4 is 0 Å². The molecule has 0 aliphatic carbocycles. The second kappa shape index (κ2) is 6.82. The molecule has 1 aromatic heterocycles. The van der Waals surface area contributed by atoms with Gasteiger partial charge in [-0.05, 0) is 46.1 Å². The molecule has 0 bridgehead atoms. The molecule has 1 atom stereocenters. The Morgan fingerprint density at radius 2 is 1.96 bits per heavy atom. The maximum absolute atomic E-state index is 12.4. The van der Waals surface area contributed by atoms with Crippen molar-refractivity contribution in [3.8, 4) is 0 Å². The number of hydrogen-bond acceptors (Lipinski definition) is 6. The molecule has 8 heteroatoms. The summed E-state index contributed by atoms with van der Waals surface area (Å²) < 4.78 is 30.3. The van der Waals surface area contributed by atoms with Crippen LogP contribution in [0.25, 0.3) is 0 Å². The third-order valence-electron chi connectivity index (χ3n) is 3.49. The highest BCUT2D eigenvalue weighted by molar-refractivity contribution is 7.91. The molecule has 2 heterocycles. The van der Waals surface area contributed by atoms with Crippen molar-refractivity contribution in [3.05, 3.63) is 18.5 Å². The number of carbonyl (C=O) groups is 1. The lowest BCUT2D eigenvalue weighted by Gasteiger charge is -2.36. The molecule has 128 valence electrons. The van der Waals surface area contributed by atoms with Gasteiger partial charge < -0.3 is 9.64 Å². The highest BCUT2D eigenvalue weighted by atomic mass is 32.2. The first kappa shape index (κ1) is 17.7. The van der Waals surface area contributed by atoms with Crippen LogP contribution in [0.4, 0.5) is 4.79 Å². The van der Waals surface area contributed by atoms with Crippen molar-refractivity contribution >= 4 is 15.9 Å². The number of sulfone groups is 1. The number of rotatable bonds is 3. The lowest BCUT2D eigenvalue weighted by atomic mass is 10.0. The Labute approximate surface area is 137 Å². The summed E-state index contributed by atoms with van der Waals surface area (Å²) in [5, 5.41) is -0.199. The molecule has 1 aliphatic rings. The molecule has 0 aromatic carbocycles. The molecule has 1 aliphatic heterocycles. The van der Waals surface area contributed by atoms with Crippen LogP contribution in [0.3, 0.4) is 0 Å². The normalized spacial score (nSPS) is 19.4. The smallest absolute Gasteiger partial charge is 0.410 e. The maximum atomic E-state index is 12.4. The van der Waals surface area contributed by atoms with Crippen LogP contribution in [0.1, 0.15) is 40.0 Å². The lowest BCUT2D eigenvalue weighted by molar-refractivity contribution is 0.0124. The van der Waals surface area contributed by atoms with Crippen molar-refractivity contribution in [2.24, 2.45) is 0 Å². The predicted molar refractivity (Wildman–Crippen MR) is 84.7 cm³/mol. The maximum Gasteiger partial charge on any atom is 0.410 e. The van der Waals surface area contributed by atoms with Gasteiger partial charge in [0, 0.05) is 25.0 Å². The highest BCUT2D eigenvalue weighted by Gasteiger charge is 2.34. The Bertz CT molecular complexity index is 640. The Morgan fingerprint density at radius 3 is 2.57 bits per heavy atom. The number of ether oxygens (including phenoxy) is 1. The number of hydrogen-bond donors (Lipinski definition) is 0. The minimum absolute atomic E-state index is 0.184. The van der Waals surface area contributed by atoms with Crippen molar-refractivity contribution in [1.29, 1.82) is 0 Å². The van der Waals surface area contributed by atoms with Crippen LogP contribution in [0, 0.1) is 0 Å². The van der Waals surface area contributed by atoms with Crippen molar-refractivity contribution in [2.45, 2.75) is 56.8 Å². The van der Waals surface area contributed by atoms with Gasteiger partial charge in [-0.25, -0.2) is 23.2 Å². The zero-order valence-corrected chi connectivity index (χ0v) is 14.5. The number of carbonyl (C=O) groups excluding carboxylic acids is 1. The van der Waals surface area contributed by atoms with Gasteiger partial charge in [-0.15, -0.1) is 0 Å². The molecule has 0 radical (unpaired) electrons. The van der Waals surface area contributed by atoms with Crippen molar-refractivity contribution in [2.75, 3.05) is 12.3 Å². The lowest BCUT2D eigenvalue weighted by Crippen LogP contribution is -2.49. The minimum atomic E-state index is -3.64. The summed E-state index contributed by atoms with van der Waals surface area (Å²) >= 11 is 0. The first-order valence-electron chi connectivity index (χ1n) is 7.68. The zero-order valence-electron chi connectivity index (χ0n) is 13.7. The summed E-state index contributed by atoms with van der Waals surface area (Å²) in [5.41, 5.74) is -0.611. The van der Waals surface area contributed by atoms with E-state index in [1.54, 1.807) is 26.8 Å². The van der Waals surface area contributed by atoms with Gasteiger partial charge in [0.15, 0.2) is 0 Å². The summed E-state index contributed by atoms with van der Waals surface area (Å²) in [4.78, 5) is 21.5. The van der Waals surface area contributed by atoms with E-state index in [9.17, 15) is 13.2 Å². The van der Waals surface area contributed by atoms with E-state index in [2.05, 4.69) is 9.97 Å². The minimum Gasteiger partial charge on any atom is -0.444 e. The quantitative estimate of drug-likeness (QED) is 0.782. The zero-order chi connectivity index (χ0) is 17.1. The molecular weight excluding hydrogens is 318 g/mol. The SMILES string of the molecule is CC(C)(C)OC(=O)N1CCCC[C@H]1CS(=O)(=O)c1ncccn1. The second-order valence-corrected chi connectivity index (χ2v) is 8.56. The van der Waals surface area contributed by atoms with E-state index in [4.69, 9.17) is 4.74 Å². The number of nitrogens with zero attached hydrogens (tertiary/aromatic N) is 3. The predicted octanol–water partition coefficient (Wildman–Crippen LogP) is 2.04. The van der Waals surface area contributed by atoms with Crippen LogP contribution in [0.15, 0.2) is 23.6 Å². The largest absolute Gasteiger partial charge is 0.444 e. The molecule has 1 amide bonds. The van der Waals surface area contributed by atoms with Gasteiger partial charge in [0.05, 0.1) is 5.75 Å². The van der Waals surface area contributed by atoms with Gasteiger partial charge in [0.2, 0.25) is 15.0 Å². The summed E-state index contributed by atoms with van der Waals surface area (Å²) in [6, 6.07) is 1.15. The number of aromatic nitrogens is 2. The summed E-state index contributed by atoms with van der Waals surface area (Å²) in [6.45, 7) is 5.87. The van der Waals surface area contributed by atoms with Crippen molar-refractivity contribution < 1.29 is 17.9 Å². The van der Waals surface area contributed by atoms with E-state index >= 15 is 0 Å². The van der Waals surface area contributed by atoms with E-state index in [0.717, 1.165) is 12.8 Å². The molecule has 0 N–H and O–H groups in total. The fourth-order valence-corrected chi connectivity index (χ4v) is 3.95. The van der Waals surface area contributed by atoms with Gasteiger partial charge in [-0.2, -0.15) is 0 Å². The summed E-state index contributed by atoms with van der Waals surface area (Å²) in [5.74, 6) is -0.184. The first-order chi connectivity index (χ1) is 10.7. The summed E-state index contributed by atoms with van der Waals surface area (Å²) in [7, 11) is -3.64. The Morgan fingerprint density at radius 1 is 1.30 bits per heavy atom. The highest BCUT2D eigenvalue weighted by Crippen LogP contribution is 2.22. The Hall–Kier alpha value is -1.70. The monoisotopic (exact) mass is 341 g/mol. The molecule has 23 heavy (non-hydrogen) atoms. The number of piperidine rings is 1. The van der Waals surface area contributed by atoms with Gasteiger partial charge >= 0.3 is 6.09 Å².